The fraction of sp³-hybridized carbons (Fsp3) is 0.562. The van der Waals surface area contributed by atoms with Crippen LogP contribution in [0.2, 0.25) is 0 Å². The molecule has 0 bridgehead atoms. The Kier molecular flexibility index (Phi) is 7.65. The minimum atomic E-state index is -0.466. The predicted octanol–water partition coefficient (Wildman–Crippen LogP) is 2.60. The summed E-state index contributed by atoms with van der Waals surface area (Å²) in [6.07, 6.45) is 3.09. The zero-order chi connectivity index (χ0) is 15.1. The number of hydrogen-bond donors (Lipinski definition) is 2. The molecular formula is C16H25ClN2O3. The van der Waals surface area contributed by atoms with Gasteiger partial charge >= 0.3 is 0 Å². The summed E-state index contributed by atoms with van der Waals surface area (Å²) in [6, 6.07) is 7.41. The maximum Gasteiger partial charge on any atom is 0.244 e. The minimum absolute atomic E-state index is 0. The van der Waals surface area contributed by atoms with E-state index in [0.717, 1.165) is 37.2 Å². The Labute approximate surface area is 138 Å². The second-order valence-corrected chi connectivity index (χ2v) is 5.54. The van der Waals surface area contributed by atoms with Crippen molar-refractivity contribution in [1.82, 2.24) is 5.32 Å². The van der Waals surface area contributed by atoms with Crippen molar-refractivity contribution in [2.75, 3.05) is 32.2 Å². The molecule has 0 spiro atoms. The first kappa shape index (κ1) is 18.7. The Bertz CT molecular complexity index is 459. The number of carbonyl (C=O) groups excluding carboxylic acids is 1. The van der Waals surface area contributed by atoms with Crippen LogP contribution >= 0.6 is 12.4 Å². The molecule has 1 aromatic rings. The van der Waals surface area contributed by atoms with Gasteiger partial charge in [-0.3, -0.25) is 4.79 Å². The summed E-state index contributed by atoms with van der Waals surface area (Å²) in [7, 11) is 1.64. The highest BCUT2D eigenvalue weighted by Crippen LogP contribution is 2.22. The van der Waals surface area contributed by atoms with Crippen molar-refractivity contribution in [3.63, 3.8) is 0 Å². The second-order valence-electron chi connectivity index (χ2n) is 5.54. The van der Waals surface area contributed by atoms with Crippen LogP contribution in [0.4, 0.5) is 5.69 Å². The molecule has 0 radical (unpaired) electrons. The van der Waals surface area contributed by atoms with Crippen LogP contribution in [0, 0.1) is 0 Å². The molecule has 1 aliphatic heterocycles. The normalized spacial score (nSPS) is 20.8. The van der Waals surface area contributed by atoms with Crippen LogP contribution < -0.4 is 15.4 Å². The number of halogens is 1. The number of nitrogens with one attached hydrogen (secondary N) is 2. The van der Waals surface area contributed by atoms with E-state index in [1.54, 1.807) is 7.11 Å². The zero-order valence-corrected chi connectivity index (χ0v) is 14.0. The highest BCUT2D eigenvalue weighted by molar-refractivity contribution is 5.97. The smallest absolute Gasteiger partial charge is 0.244 e. The van der Waals surface area contributed by atoms with Gasteiger partial charge in [-0.1, -0.05) is 0 Å². The molecule has 1 amide bonds. The van der Waals surface area contributed by atoms with Crippen LogP contribution in [0.25, 0.3) is 0 Å². The molecule has 1 saturated heterocycles. The summed E-state index contributed by atoms with van der Waals surface area (Å²) in [5, 5.41) is 6.28. The van der Waals surface area contributed by atoms with Crippen molar-refractivity contribution in [3.8, 4) is 5.75 Å². The Morgan fingerprint density at radius 1 is 1.27 bits per heavy atom. The van der Waals surface area contributed by atoms with Crippen LogP contribution in [-0.4, -0.2) is 38.3 Å². The van der Waals surface area contributed by atoms with Gasteiger partial charge in [0, 0.05) is 12.8 Å². The van der Waals surface area contributed by atoms with Gasteiger partial charge in [0.05, 0.1) is 12.1 Å². The number of amides is 1. The fourth-order valence-electron chi connectivity index (χ4n) is 2.40. The van der Waals surface area contributed by atoms with Gasteiger partial charge in [-0.05, 0) is 57.0 Å². The molecular weight excluding hydrogens is 304 g/mol. The molecule has 2 rings (SSSR count). The van der Waals surface area contributed by atoms with E-state index in [0.29, 0.717) is 13.2 Å². The lowest BCUT2D eigenvalue weighted by molar-refractivity contribution is -0.122. The molecule has 1 aliphatic rings. The van der Waals surface area contributed by atoms with E-state index in [1.165, 1.54) is 0 Å². The molecule has 2 N–H and O–H groups in total. The number of hydrogen-bond acceptors (Lipinski definition) is 4. The van der Waals surface area contributed by atoms with Crippen LogP contribution in [0.5, 0.6) is 5.75 Å². The number of carbonyl (C=O) groups is 1. The lowest BCUT2D eigenvalue weighted by Gasteiger charge is -2.33. The van der Waals surface area contributed by atoms with Gasteiger partial charge in [0.2, 0.25) is 5.91 Å². The standard InChI is InChI=1S/C16H24N2O3.ClH/c1-16(9-3-4-10-17-16)15(19)18-13-5-7-14(8-6-13)21-12-11-20-2;/h5-8,17H,3-4,9-12H2,1-2H3,(H,18,19);1H. The van der Waals surface area contributed by atoms with Gasteiger partial charge in [0.1, 0.15) is 12.4 Å². The van der Waals surface area contributed by atoms with E-state index in [9.17, 15) is 4.79 Å². The maximum absolute atomic E-state index is 12.4. The van der Waals surface area contributed by atoms with Gasteiger partial charge in [-0.2, -0.15) is 0 Å². The number of ether oxygens (including phenoxy) is 2. The van der Waals surface area contributed by atoms with Gasteiger partial charge < -0.3 is 20.1 Å². The molecule has 1 fully saturated rings. The van der Waals surface area contributed by atoms with Crippen LogP contribution in [0.15, 0.2) is 24.3 Å². The summed E-state index contributed by atoms with van der Waals surface area (Å²) in [5.74, 6) is 0.794. The third-order valence-electron chi connectivity index (χ3n) is 3.79. The van der Waals surface area contributed by atoms with Crippen molar-refractivity contribution < 1.29 is 14.3 Å². The third kappa shape index (κ3) is 5.16. The van der Waals surface area contributed by atoms with Gasteiger partial charge in [-0.15, -0.1) is 12.4 Å². The number of benzene rings is 1. The Balaban J connectivity index is 0.00000242. The van der Waals surface area contributed by atoms with Crippen molar-refractivity contribution in [3.05, 3.63) is 24.3 Å². The first-order valence-electron chi connectivity index (χ1n) is 7.42. The fourth-order valence-corrected chi connectivity index (χ4v) is 2.40. The molecule has 6 heteroatoms. The molecule has 124 valence electrons. The van der Waals surface area contributed by atoms with Crippen LogP contribution in [-0.2, 0) is 9.53 Å². The largest absolute Gasteiger partial charge is 0.491 e. The van der Waals surface area contributed by atoms with E-state index in [1.807, 2.05) is 31.2 Å². The molecule has 0 saturated carbocycles. The first-order valence-corrected chi connectivity index (χ1v) is 7.42. The van der Waals surface area contributed by atoms with Crippen LogP contribution in [0.1, 0.15) is 26.2 Å². The molecule has 0 aliphatic carbocycles. The monoisotopic (exact) mass is 328 g/mol. The Morgan fingerprint density at radius 3 is 2.59 bits per heavy atom. The van der Waals surface area contributed by atoms with Gasteiger partial charge in [0.25, 0.3) is 0 Å². The minimum Gasteiger partial charge on any atom is -0.491 e. The van der Waals surface area contributed by atoms with Crippen molar-refractivity contribution in [2.24, 2.45) is 0 Å². The summed E-state index contributed by atoms with van der Waals surface area (Å²) >= 11 is 0. The molecule has 5 nitrogen and oxygen atoms in total. The van der Waals surface area contributed by atoms with E-state index in [-0.39, 0.29) is 18.3 Å². The maximum atomic E-state index is 12.4. The highest BCUT2D eigenvalue weighted by Gasteiger charge is 2.34. The molecule has 1 atom stereocenters. The summed E-state index contributed by atoms with van der Waals surface area (Å²) < 4.78 is 10.4. The summed E-state index contributed by atoms with van der Waals surface area (Å²) in [4.78, 5) is 12.4. The molecule has 0 aromatic heterocycles. The summed E-state index contributed by atoms with van der Waals surface area (Å²) in [5.41, 5.74) is 0.319. The van der Waals surface area contributed by atoms with Crippen LogP contribution in [0.3, 0.4) is 0 Å². The number of piperidine rings is 1. The van der Waals surface area contributed by atoms with E-state index >= 15 is 0 Å². The number of rotatable bonds is 6. The Hall–Kier alpha value is -1.30. The molecule has 1 aromatic carbocycles. The lowest BCUT2D eigenvalue weighted by Crippen LogP contribution is -2.54. The highest BCUT2D eigenvalue weighted by atomic mass is 35.5. The van der Waals surface area contributed by atoms with E-state index in [4.69, 9.17) is 9.47 Å². The average Bonchev–Trinajstić information content (AvgIpc) is 2.50. The molecule has 1 unspecified atom stereocenters. The van der Waals surface area contributed by atoms with Gasteiger partial charge in [-0.25, -0.2) is 0 Å². The third-order valence-corrected chi connectivity index (χ3v) is 3.79. The lowest BCUT2D eigenvalue weighted by atomic mass is 9.90. The molecule has 22 heavy (non-hydrogen) atoms. The predicted molar refractivity (Wildman–Crippen MR) is 89.9 cm³/mol. The first-order chi connectivity index (χ1) is 10.1. The average molecular weight is 329 g/mol. The van der Waals surface area contributed by atoms with Gasteiger partial charge in [0.15, 0.2) is 0 Å². The molecule has 1 heterocycles. The van der Waals surface area contributed by atoms with E-state index < -0.39 is 5.54 Å². The van der Waals surface area contributed by atoms with E-state index in [2.05, 4.69) is 10.6 Å². The number of methoxy groups -OCH3 is 1. The summed E-state index contributed by atoms with van der Waals surface area (Å²) in [6.45, 7) is 3.94. The Morgan fingerprint density at radius 2 is 2.00 bits per heavy atom. The topological polar surface area (TPSA) is 59.6 Å². The SMILES string of the molecule is COCCOc1ccc(NC(=O)C2(C)CCCCN2)cc1.Cl. The van der Waals surface area contributed by atoms with Crippen molar-refractivity contribution in [2.45, 2.75) is 31.7 Å². The van der Waals surface area contributed by atoms with Crippen molar-refractivity contribution in [1.29, 1.82) is 0 Å². The second kappa shape index (κ2) is 8.98. The quantitative estimate of drug-likeness (QED) is 0.788. The van der Waals surface area contributed by atoms with Crippen molar-refractivity contribution >= 4 is 24.0 Å². The number of anilines is 1. The zero-order valence-electron chi connectivity index (χ0n) is 13.2.